The molecule has 5 nitrogen and oxygen atoms in total. The number of fused-ring (bicyclic) bond motifs is 1. The predicted octanol–water partition coefficient (Wildman–Crippen LogP) is 0.0184. The molecule has 1 heterocycles. The van der Waals surface area contributed by atoms with Crippen molar-refractivity contribution in [1.82, 2.24) is 0 Å². The maximum atomic E-state index is 11.5. The molecule has 1 aliphatic heterocycles. The molecule has 19 heavy (non-hydrogen) atoms. The summed E-state index contributed by atoms with van der Waals surface area (Å²) in [4.78, 5) is 11.5. The minimum atomic E-state index is -4.96. The molecular formula is C8HCl4KO5S. The smallest absolute Gasteiger partial charge is 0.745 e. The first kappa shape index (κ1) is 18.4. The predicted molar refractivity (Wildman–Crippen MR) is 64.3 cm³/mol. The van der Waals surface area contributed by atoms with E-state index < -0.39 is 21.5 Å². The molecule has 1 aliphatic rings. The maximum absolute atomic E-state index is 11.5. The Bertz CT molecular complexity index is 674. The second kappa shape index (κ2) is 6.25. The number of cyclic esters (lactones) is 1. The van der Waals surface area contributed by atoms with Gasteiger partial charge in [-0.15, -0.1) is 0 Å². The Morgan fingerprint density at radius 3 is 1.95 bits per heavy atom. The molecule has 1 unspecified atom stereocenters. The van der Waals surface area contributed by atoms with Crippen molar-refractivity contribution in [3.05, 3.63) is 31.2 Å². The zero-order valence-electron chi connectivity index (χ0n) is 9.04. The Labute approximate surface area is 170 Å². The van der Waals surface area contributed by atoms with Crippen LogP contribution < -0.4 is 51.4 Å². The van der Waals surface area contributed by atoms with Gasteiger partial charge in [-0.3, -0.25) is 0 Å². The van der Waals surface area contributed by atoms with Crippen LogP contribution in [0, 0.1) is 0 Å². The van der Waals surface area contributed by atoms with Crippen LogP contribution in [0.15, 0.2) is 0 Å². The number of carbonyl (C=O) groups is 1. The number of halogens is 4. The molecule has 0 N–H and O–H groups in total. The molecule has 1 atom stereocenters. The molecule has 1 aromatic rings. The van der Waals surface area contributed by atoms with Gasteiger partial charge in [-0.1, -0.05) is 46.4 Å². The van der Waals surface area contributed by atoms with Gasteiger partial charge in [0.15, 0.2) is 0 Å². The van der Waals surface area contributed by atoms with E-state index in [2.05, 4.69) is 4.74 Å². The fourth-order valence-corrected chi connectivity index (χ4v) is 3.33. The molecule has 0 radical (unpaired) electrons. The van der Waals surface area contributed by atoms with Crippen molar-refractivity contribution in [2.45, 2.75) is 5.44 Å². The van der Waals surface area contributed by atoms with Gasteiger partial charge in [0, 0.05) is 5.56 Å². The number of rotatable bonds is 1. The van der Waals surface area contributed by atoms with Gasteiger partial charge in [0.05, 0.1) is 25.7 Å². The third-order valence-electron chi connectivity index (χ3n) is 2.22. The standard InChI is InChI=1S/C8H2Cl4O5S.K/c9-3-1-2(4(10)6(12)5(3)11)8(17-7(1)13)18(14,15)16;/h8H,(H,14,15,16);/q;+1/p-1. The summed E-state index contributed by atoms with van der Waals surface area (Å²) in [6, 6.07) is 0. The van der Waals surface area contributed by atoms with E-state index in [4.69, 9.17) is 46.4 Å². The van der Waals surface area contributed by atoms with Gasteiger partial charge in [0.1, 0.15) is 10.1 Å². The Morgan fingerprint density at radius 2 is 1.47 bits per heavy atom. The summed E-state index contributed by atoms with van der Waals surface area (Å²) in [6.45, 7) is 0. The monoisotopic (exact) mass is 388 g/mol. The minimum absolute atomic E-state index is 0. The first-order valence-electron chi connectivity index (χ1n) is 4.17. The van der Waals surface area contributed by atoms with Crippen LogP contribution in [0.4, 0.5) is 0 Å². The third kappa shape index (κ3) is 3.12. The van der Waals surface area contributed by atoms with E-state index in [9.17, 15) is 17.8 Å². The van der Waals surface area contributed by atoms with Gasteiger partial charge in [-0.25, -0.2) is 13.2 Å². The zero-order valence-corrected chi connectivity index (χ0v) is 16.0. The van der Waals surface area contributed by atoms with Crippen LogP contribution in [-0.2, 0) is 14.9 Å². The third-order valence-corrected chi connectivity index (χ3v) is 4.89. The number of hydrogen-bond acceptors (Lipinski definition) is 5. The second-order valence-electron chi connectivity index (χ2n) is 3.27. The van der Waals surface area contributed by atoms with Crippen molar-refractivity contribution in [3.63, 3.8) is 0 Å². The van der Waals surface area contributed by atoms with Gasteiger partial charge >= 0.3 is 57.4 Å². The summed E-state index contributed by atoms with van der Waals surface area (Å²) in [5.74, 6) is -1.10. The Kier molecular flexibility index (Phi) is 6.07. The van der Waals surface area contributed by atoms with Crippen molar-refractivity contribution in [2.24, 2.45) is 0 Å². The molecule has 0 spiro atoms. The molecule has 0 aliphatic carbocycles. The molecule has 0 bridgehead atoms. The average Bonchev–Trinajstić information content (AvgIpc) is 2.61. The molecular weight excluding hydrogens is 389 g/mol. The SMILES string of the molecule is O=C1OC(S(=O)(=O)[O-])c2c(Cl)c(Cl)c(Cl)c(Cl)c21.[K+]. The summed E-state index contributed by atoms with van der Waals surface area (Å²) in [6.07, 6.45) is 0. The van der Waals surface area contributed by atoms with Crippen LogP contribution in [0.3, 0.4) is 0 Å². The number of esters is 1. The first-order valence-corrected chi connectivity index (χ1v) is 7.16. The summed E-state index contributed by atoms with van der Waals surface area (Å²) in [7, 11) is -4.96. The van der Waals surface area contributed by atoms with Gasteiger partial charge in [0.2, 0.25) is 5.44 Å². The normalized spacial score (nSPS) is 17.7. The van der Waals surface area contributed by atoms with E-state index >= 15 is 0 Å². The Morgan fingerprint density at radius 1 is 1.00 bits per heavy atom. The number of benzene rings is 1. The summed E-state index contributed by atoms with van der Waals surface area (Å²) in [5.41, 5.74) is -2.81. The Balaban J connectivity index is 0.00000180. The second-order valence-corrected chi connectivity index (χ2v) is 6.20. The van der Waals surface area contributed by atoms with E-state index in [-0.39, 0.29) is 82.6 Å². The quantitative estimate of drug-likeness (QED) is 0.222. The molecule has 2 rings (SSSR count). The van der Waals surface area contributed by atoms with Crippen LogP contribution in [-0.4, -0.2) is 18.9 Å². The van der Waals surface area contributed by atoms with Gasteiger partial charge < -0.3 is 9.29 Å². The van der Waals surface area contributed by atoms with E-state index in [0.717, 1.165) is 0 Å². The van der Waals surface area contributed by atoms with Crippen LogP contribution in [0.25, 0.3) is 0 Å². The topological polar surface area (TPSA) is 83.5 Å². The van der Waals surface area contributed by atoms with Crippen molar-refractivity contribution >= 4 is 62.5 Å². The fraction of sp³-hybridized carbons (Fsp3) is 0.125. The fourth-order valence-electron chi connectivity index (χ4n) is 1.49. The van der Waals surface area contributed by atoms with Crippen molar-refractivity contribution < 1.29 is 73.9 Å². The first-order chi connectivity index (χ1) is 8.16. The van der Waals surface area contributed by atoms with Crippen molar-refractivity contribution in [3.8, 4) is 0 Å². The number of hydrogen-bond donors (Lipinski definition) is 0. The van der Waals surface area contributed by atoms with E-state index in [1.807, 2.05) is 0 Å². The zero-order chi connectivity index (χ0) is 13.8. The van der Waals surface area contributed by atoms with Crippen molar-refractivity contribution in [2.75, 3.05) is 0 Å². The van der Waals surface area contributed by atoms with E-state index in [1.54, 1.807) is 0 Å². The van der Waals surface area contributed by atoms with E-state index in [1.165, 1.54) is 0 Å². The van der Waals surface area contributed by atoms with E-state index in [0.29, 0.717) is 0 Å². The van der Waals surface area contributed by atoms with Crippen LogP contribution in [0.1, 0.15) is 21.4 Å². The minimum Gasteiger partial charge on any atom is -0.745 e. The van der Waals surface area contributed by atoms with Crippen LogP contribution >= 0.6 is 46.4 Å². The molecule has 0 saturated carbocycles. The molecule has 11 heteroatoms. The Hall–Kier alpha value is 1.40. The molecule has 0 amide bonds. The number of carbonyl (C=O) groups excluding carboxylic acids is 1. The molecule has 1 aromatic carbocycles. The van der Waals surface area contributed by atoms with Gasteiger partial charge in [-0.05, 0) is 0 Å². The molecule has 98 valence electrons. The summed E-state index contributed by atoms with van der Waals surface area (Å²) in [5, 5.41) is -1.13. The van der Waals surface area contributed by atoms with Crippen molar-refractivity contribution in [1.29, 1.82) is 0 Å². The maximum Gasteiger partial charge on any atom is 1.00 e. The summed E-state index contributed by atoms with van der Waals surface area (Å²) < 4.78 is 37.4. The molecule has 0 aromatic heterocycles. The van der Waals surface area contributed by atoms with Crippen LogP contribution in [0.2, 0.25) is 20.1 Å². The van der Waals surface area contributed by atoms with Crippen LogP contribution in [0.5, 0.6) is 0 Å². The van der Waals surface area contributed by atoms with Gasteiger partial charge in [-0.2, -0.15) is 0 Å². The number of ether oxygens (including phenoxy) is 1. The molecule has 0 saturated heterocycles. The molecule has 0 fully saturated rings. The average molecular weight is 390 g/mol. The van der Waals surface area contributed by atoms with Gasteiger partial charge in [0.25, 0.3) is 0 Å². The largest absolute Gasteiger partial charge is 1.00 e. The summed E-state index contributed by atoms with van der Waals surface area (Å²) >= 11 is 23.0.